The van der Waals surface area contributed by atoms with Gasteiger partial charge in [0.2, 0.25) is 11.8 Å². The quantitative estimate of drug-likeness (QED) is 0.586. The first-order valence-electron chi connectivity index (χ1n) is 6.44. The van der Waals surface area contributed by atoms with Crippen molar-refractivity contribution in [2.75, 3.05) is 19.6 Å². The fraction of sp³-hybridized carbons (Fsp3) is 0.750. The molecule has 0 saturated carbocycles. The number of hydrogen-bond donors (Lipinski definition) is 3. The Bertz CT molecular complexity index is 347. The van der Waals surface area contributed by atoms with Gasteiger partial charge >= 0.3 is 5.97 Å². The second kappa shape index (κ2) is 7.08. The van der Waals surface area contributed by atoms with Gasteiger partial charge in [0.25, 0.3) is 0 Å². The van der Waals surface area contributed by atoms with Crippen molar-refractivity contribution in [3.8, 4) is 0 Å². The number of carboxylic acids is 1. The van der Waals surface area contributed by atoms with Crippen LogP contribution in [-0.2, 0) is 14.4 Å². The van der Waals surface area contributed by atoms with Crippen LogP contribution in [0.2, 0.25) is 0 Å². The lowest BCUT2D eigenvalue weighted by Gasteiger charge is -2.32. The number of carbonyl (C=O) groups excluding carboxylic acids is 2. The van der Waals surface area contributed by atoms with Crippen molar-refractivity contribution < 1.29 is 19.5 Å². The van der Waals surface area contributed by atoms with Gasteiger partial charge in [0.05, 0.1) is 6.54 Å². The molecule has 0 bridgehead atoms. The second-order valence-corrected chi connectivity index (χ2v) is 4.86. The van der Waals surface area contributed by atoms with E-state index in [9.17, 15) is 14.4 Å². The third-order valence-corrected chi connectivity index (χ3v) is 3.01. The second-order valence-electron chi connectivity index (χ2n) is 4.86. The smallest absolute Gasteiger partial charge is 0.303 e. The maximum atomic E-state index is 12.3. The molecule has 19 heavy (non-hydrogen) atoms. The third kappa shape index (κ3) is 4.86. The Kier molecular flexibility index (Phi) is 5.75. The zero-order chi connectivity index (χ0) is 14.4. The van der Waals surface area contributed by atoms with Crippen molar-refractivity contribution in [3.05, 3.63) is 0 Å². The molecule has 1 aliphatic rings. The molecule has 0 aromatic rings. The van der Waals surface area contributed by atoms with Gasteiger partial charge in [0, 0.05) is 25.6 Å². The van der Waals surface area contributed by atoms with E-state index in [0.717, 1.165) is 0 Å². The van der Waals surface area contributed by atoms with Gasteiger partial charge in [-0.2, -0.15) is 0 Å². The van der Waals surface area contributed by atoms with Crippen LogP contribution in [0.5, 0.6) is 0 Å². The highest BCUT2D eigenvalue weighted by molar-refractivity contribution is 5.87. The largest absolute Gasteiger partial charge is 0.481 e. The molecule has 7 nitrogen and oxygen atoms in total. The lowest BCUT2D eigenvalue weighted by molar-refractivity contribution is -0.140. The topological polar surface area (TPSA) is 98.7 Å². The summed E-state index contributed by atoms with van der Waals surface area (Å²) in [6, 6.07) is -0.425. The van der Waals surface area contributed by atoms with Crippen molar-refractivity contribution in [3.63, 3.8) is 0 Å². The average Bonchev–Trinajstić information content (AvgIpc) is 2.34. The highest BCUT2D eigenvalue weighted by Gasteiger charge is 2.28. The minimum absolute atomic E-state index is 0.000669. The average molecular weight is 271 g/mol. The number of aliphatic carboxylic acids is 1. The highest BCUT2D eigenvalue weighted by Crippen LogP contribution is 2.06. The molecule has 108 valence electrons. The Morgan fingerprint density at radius 2 is 2.16 bits per heavy atom. The van der Waals surface area contributed by atoms with Crippen LogP contribution < -0.4 is 10.6 Å². The molecule has 1 unspecified atom stereocenters. The first kappa shape index (κ1) is 15.4. The molecule has 1 atom stereocenters. The lowest BCUT2D eigenvalue weighted by Crippen LogP contribution is -2.59. The molecular weight excluding hydrogens is 250 g/mol. The Balaban J connectivity index is 2.52. The monoisotopic (exact) mass is 271 g/mol. The number of nitrogens with one attached hydrogen (secondary N) is 2. The maximum Gasteiger partial charge on any atom is 0.303 e. The van der Waals surface area contributed by atoms with Crippen LogP contribution in [0, 0.1) is 0 Å². The van der Waals surface area contributed by atoms with E-state index in [0.29, 0.717) is 13.0 Å². The van der Waals surface area contributed by atoms with Crippen LogP contribution in [0.25, 0.3) is 0 Å². The summed E-state index contributed by atoms with van der Waals surface area (Å²) >= 11 is 0. The van der Waals surface area contributed by atoms with Crippen molar-refractivity contribution in [2.24, 2.45) is 0 Å². The van der Waals surface area contributed by atoms with Crippen LogP contribution in [0.1, 0.15) is 26.7 Å². The predicted octanol–water partition coefficient (Wildman–Crippen LogP) is -0.824. The Hall–Kier alpha value is -1.63. The number of amides is 2. The van der Waals surface area contributed by atoms with Crippen molar-refractivity contribution >= 4 is 17.8 Å². The van der Waals surface area contributed by atoms with E-state index in [-0.39, 0.29) is 37.4 Å². The Labute approximate surface area is 112 Å². The van der Waals surface area contributed by atoms with E-state index in [1.54, 1.807) is 4.90 Å². The van der Waals surface area contributed by atoms with E-state index < -0.39 is 12.0 Å². The predicted molar refractivity (Wildman–Crippen MR) is 68.5 cm³/mol. The molecule has 0 spiro atoms. The molecule has 0 aromatic carbocycles. The van der Waals surface area contributed by atoms with Gasteiger partial charge in [-0.3, -0.25) is 19.7 Å². The molecule has 0 aromatic heterocycles. The van der Waals surface area contributed by atoms with Crippen LogP contribution in [0.4, 0.5) is 0 Å². The first-order valence-corrected chi connectivity index (χ1v) is 6.44. The summed E-state index contributed by atoms with van der Waals surface area (Å²) < 4.78 is 0. The summed E-state index contributed by atoms with van der Waals surface area (Å²) in [5.41, 5.74) is 0. The molecule has 0 aliphatic carbocycles. The number of carboxylic acid groups (broad SMARTS) is 1. The van der Waals surface area contributed by atoms with Gasteiger partial charge in [-0.1, -0.05) is 0 Å². The van der Waals surface area contributed by atoms with E-state index in [1.807, 2.05) is 13.8 Å². The van der Waals surface area contributed by atoms with E-state index in [4.69, 9.17) is 5.11 Å². The molecule has 1 heterocycles. The molecular formula is C12H21N3O4. The van der Waals surface area contributed by atoms with Crippen molar-refractivity contribution in [1.82, 2.24) is 15.5 Å². The fourth-order valence-electron chi connectivity index (χ4n) is 1.96. The molecule has 7 heteroatoms. The van der Waals surface area contributed by atoms with Crippen molar-refractivity contribution in [2.45, 2.75) is 38.8 Å². The lowest BCUT2D eigenvalue weighted by atomic mass is 10.1. The van der Waals surface area contributed by atoms with Gasteiger partial charge in [-0.15, -0.1) is 0 Å². The summed E-state index contributed by atoms with van der Waals surface area (Å²) in [7, 11) is 0. The maximum absolute atomic E-state index is 12.3. The normalized spacial score (nSPS) is 19.1. The Morgan fingerprint density at radius 1 is 1.47 bits per heavy atom. The minimum Gasteiger partial charge on any atom is -0.481 e. The summed E-state index contributed by atoms with van der Waals surface area (Å²) in [6.45, 7) is 4.60. The molecule has 1 fully saturated rings. The molecule has 1 aliphatic heterocycles. The molecule has 1 rings (SSSR count). The third-order valence-electron chi connectivity index (χ3n) is 3.01. The molecule has 2 amide bonds. The minimum atomic E-state index is -0.862. The SMILES string of the molecule is CC(C)N(CCCC(=O)O)C(=O)C1CNC(=O)CN1. The summed E-state index contributed by atoms with van der Waals surface area (Å²) in [5.74, 6) is -1.08. The number of piperazine rings is 1. The highest BCUT2D eigenvalue weighted by atomic mass is 16.4. The van der Waals surface area contributed by atoms with Crippen LogP contribution in [0.15, 0.2) is 0 Å². The standard InChI is InChI=1S/C12H21N3O4/c1-8(2)15(5-3-4-11(17)18)12(19)9-6-14-10(16)7-13-9/h8-9,13H,3-7H2,1-2H3,(H,14,16)(H,17,18). The summed E-state index contributed by atoms with van der Waals surface area (Å²) in [4.78, 5) is 35.5. The van der Waals surface area contributed by atoms with Gasteiger partial charge in [0.15, 0.2) is 0 Å². The van der Waals surface area contributed by atoms with E-state index in [2.05, 4.69) is 10.6 Å². The van der Waals surface area contributed by atoms with Gasteiger partial charge in [-0.05, 0) is 20.3 Å². The fourth-order valence-corrected chi connectivity index (χ4v) is 1.96. The molecule has 0 radical (unpaired) electrons. The van der Waals surface area contributed by atoms with Crippen LogP contribution in [0.3, 0.4) is 0 Å². The zero-order valence-corrected chi connectivity index (χ0v) is 11.3. The van der Waals surface area contributed by atoms with Crippen molar-refractivity contribution in [1.29, 1.82) is 0 Å². The van der Waals surface area contributed by atoms with Gasteiger partial charge in [-0.25, -0.2) is 0 Å². The van der Waals surface area contributed by atoms with Gasteiger partial charge in [0.1, 0.15) is 6.04 Å². The summed E-state index contributed by atoms with van der Waals surface area (Å²) in [5, 5.41) is 14.1. The first-order chi connectivity index (χ1) is 8.91. The number of hydrogen-bond acceptors (Lipinski definition) is 4. The Morgan fingerprint density at radius 3 is 2.63 bits per heavy atom. The van der Waals surface area contributed by atoms with E-state index in [1.165, 1.54) is 0 Å². The van der Waals surface area contributed by atoms with E-state index >= 15 is 0 Å². The van der Waals surface area contributed by atoms with Crippen LogP contribution in [-0.4, -0.2) is 59.5 Å². The van der Waals surface area contributed by atoms with Crippen LogP contribution >= 0.6 is 0 Å². The number of carbonyl (C=O) groups is 3. The summed E-state index contributed by atoms with van der Waals surface area (Å²) in [6.07, 6.45) is 0.476. The zero-order valence-electron chi connectivity index (χ0n) is 11.3. The molecule has 3 N–H and O–H groups in total. The van der Waals surface area contributed by atoms with Gasteiger partial charge < -0.3 is 15.3 Å². The molecule has 1 saturated heterocycles. The number of rotatable bonds is 6. The number of nitrogens with zero attached hydrogens (tertiary/aromatic N) is 1.